The zero-order valence-corrected chi connectivity index (χ0v) is 20.0. The summed E-state index contributed by atoms with van der Waals surface area (Å²) >= 11 is 0. The van der Waals surface area contributed by atoms with E-state index in [1.807, 2.05) is 26.8 Å². The van der Waals surface area contributed by atoms with Crippen LogP contribution in [-0.4, -0.2) is 36.3 Å². The Morgan fingerprint density at radius 1 is 1.12 bits per heavy atom. The molecule has 7 heteroatoms. The van der Waals surface area contributed by atoms with Crippen molar-refractivity contribution in [1.82, 2.24) is 10.3 Å². The Hall–Kier alpha value is -3.45. The molecule has 1 aromatic heterocycles. The first-order chi connectivity index (χ1) is 16.4. The lowest BCUT2D eigenvalue weighted by Crippen LogP contribution is -2.29. The molecule has 0 aliphatic carbocycles. The summed E-state index contributed by atoms with van der Waals surface area (Å²) in [5, 5.41) is 13.5. The van der Waals surface area contributed by atoms with Gasteiger partial charge in [0.05, 0.1) is 25.1 Å². The van der Waals surface area contributed by atoms with Gasteiger partial charge in [-0.05, 0) is 79.4 Å². The van der Waals surface area contributed by atoms with Crippen LogP contribution < -0.4 is 14.8 Å². The number of aliphatic hydroxyl groups excluding tert-OH is 1. The Labute approximate surface area is 199 Å². The second-order valence-electron chi connectivity index (χ2n) is 7.99. The molecule has 3 aromatic rings. The summed E-state index contributed by atoms with van der Waals surface area (Å²) in [5.41, 5.74) is 4.32. The number of pyridine rings is 1. The Balaban J connectivity index is 1.76. The van der Waals surface area contributed by atoms with Crippen molar-refractivity contribution in [2.24, 2.45) is 0 Å². The fourth-order valence-electron chi connectivity index (χ4n) is 3.72. The van der Waals surface area contributed by atoms with Crippen molar-refractivity contribution in [3.05, 3.63) is 76.7 Å². The van der Waals surface area contributed by atoms with Crippen LogP contribution in [0, 0.1) is 12.7 Å². The van der Waals surface area contributed by atoms with Crippen molar-refractivity contribution in [1.29, 1.82) is 0 Å². The lowest BCUT2D eigenvalue weighted by molar-refractivity contribution is 0.0913. The van der Waals surface area contributed by atoms with Crippen LogP contribution in [0.2, 0.25) is 0 Å². The molecule has 2 N–H and O–H groups in total. The first-order valence-electron chi connectivity index (χ1n) is 11.4. The van der Waals surface area contributed by atoms with Crippen molar-refractivity contribution in [2.45, 2.75) is 39.7 Å². The molecule has 2 aromatic carbocycles. The fourth-order valence-corrected chi connectivity index (χ4v) is 3.72. The van der Waals surface area contributed by atoms with Gasteiger partial charge in [-0.3, -0.25) is 4.79 Å². The predicted octanol–water partition coefficient (Wildman–Crippen LogP) is 5.02. The number of hydrogen-bond donors (Lipinski definition) is 2. The van der Waals surface area contributed by atoms with Gasteiger partial charge in [0, 0.05) is 17.7 Å². The van der Waals surface area contributed by atoms with E-state index in [0.717, 1.165) is 29.5 Å². The van der Waals surface area contributed by atoms with Crippen LogP contribution in [0.4, 0.5) is 4.39 Å². The van der Waals surface area contributed by atoms with E-state index in [-0.39, 0.29) is 18.3 Å². The van der Waals surface area contributed by atoms with E-state index in [9.17, 15) is 14.3 Å². The highest BCUT2D eigenvalue weighted by Crippen LogP contribution is 2.29. The predicted molar refractivity (Wildman–Crippen MR) is 130 cm³/mol. The largest absolute Gasteiger partial charge is 0.493 e. The highest BCUT2D eigenvalue weighted by atomic mass is 19.1. The summed E-state index contributed by atoms with van der Waals surface area (Å²) in [6, 6.07) is 12.9. The number of benzene rings is 2. The molecule has 0 bridgehead atoms. The van der Waals surface area contributed by atoms with Gasteiger partial charge in [-0.25, -0.2) is 9.37 Å². The zero-order valence-electron chi connectivity index (χ0n) is 20.0. The molecule has 0 saturated carbocycles. The van der Waals surface area contributed by atoms with E-state index < -0.39 is 6.10 Å². The molecule has 6 nitrogen and oxygen atoms in total. The molecule has 3 rings (SSSR count). The molecule has 0 spiro atoms. The van der Waals surface area contributed by atoms with Gasteiger partial charge >= 0.3 is 0 Å². The van der Waals surface area contributed by atoms with Crippen LogP contribution in [0.3, 0.4) is 0 Å². The Morgan fingerprint density at radius 2 is 1.85 bits per heavy atom. The molecule has 1 unspecified atom stereocenters. The minimum absolute atomic E-state index is 0.0179. The molecule has 0 fully saturated rings. The van der Waals surface area contributed by atoms with Crippen molar-refractivity contribution in [2.75, 3.05) is 20.3 Å². The molecule has 0 aliphatic heterocycles. The molecule has 0 saturated heterocycles. The number of aliphatic hydroxyl groups is 1. The van der Waals surface area contributed by atoms with Crippen LogP contribution in [0.25, 0.3) is 11.3 Å². The number of ether oxygens (including phenoxy) is 2. The van der Waals surface area contributed by atoms with Gasteiger partial charge in [0.15, 0.2) is 11.5 Å². The number of methoxy groups -OCH3 is 1. The van der Waals surface area contributed by atoms with E-state index in [0.29, 0.717) is 35.1 Å². The number of hydrogen-bond acceptors (Lipinski definition) is 5. The Morgan fingerprint density at radius 3 is 2.50 bits per heavy atom. The maximum atomic E-state index is 13.4. The topological polar surface area (TPSA) is 80.7 Å². The van der Waals surface area contributed by atoms with Crippen molar-refractivity contribution < 1.29 is 23.8 Å². The second kappa shape index (κ2) is 11.6. The molecule has 0 radical (unpaired) electrons. The number of aromatic nitrogens is 1. The normalized spacial score (nSPS) is 11.7. The van der Waals surface area contributed by atoms with Gasteiger partial charge in [-0.2, -0.15) is 0 Å². The lowest BCUT2D eigenvalue weighted by Gasteiger charge is -2.17. The first-order valence-corrected chi connectivity index (χ1v) is 11.4. The Bertz CT molecular complexity index is 1130. The van der Waals surface area contributed by atoms with Crippen LogP contribution in [0.15, 0.2) is 48.5 Å². The maximum absolute atomic E-state index is 13.4. The number of carbonyl (C=O) groups excluding carboxylic acids is 1. The van der Waals surface area contributed by atoms with Crippen LogP contribution in [0.1, 0.15) is 53.6 Å². The van der Waals surface area contributed by atoms with E-state index >= 15 is 0 Å². The Kier molecular flexibility index (Phi) is 8.60. The number of carbonyl (C=O) groups is 1. The van der Waals surface area contributed by atoms with Gasteiger partial charge in [-0.1, -0.05) is 13.8 Å². The third-order valence-electron chi connectivity index (χ3n) is 5.52. The number of halogens is 1. The van der Waals surface area contributed by atoms with Gasteiger partial charge in [-0.15, -0.1) is 0 Å². The molecule has 1 heterocycles. The highest BCUT2D eigenvalue weighted by Gasteiger charge is 2.18. The quantitative estimate of drug-likeness (QED) is 0.439. The van der Waals surface area contributed by atoms with Crippen LogP contribution in [-0.2, 0) is 6.42 Å². The van der Waals surface area contributed by atoms with Crippen molar-refractivity contribution in [3.8, 4) is 22.8 Å². The number of nitrogens with one attached hydrogen (secondary N) is 1. The number of amides is 1. The van der Waals surface area contributed by atoms with Crippen molar-refractivity contribution in [3.63, 3.8) is 0 Å². The standard InChI is InChI=1S/C27H31FN2O4/c1-5-13-34-24-12-9-19(15-25(24)33-4)27(32)29-16-23(31)22-14-17(3)21(6-2)26(30-22)18-7-10-20(28)11-8-18/h7-12,14-15,23,31H,5-6,13,16H2,1-4H3,(H,29,32). The number of nitrogens with zero attached hydrogens (tertiary/aromatic N) is 1. The fraction of sp³-hybridized carbons (Fsp3) is 0.333. The van der Waals surface area contributed by atoms with Gasteiger partial charge in [0.1, 0.15) is 11.9 Å². The first kappa shape index (κ1) is 25.2. The average Bonchev–Trinajstić information content (AvgIpc) is 2.85. The molecule has 180 valence electrons. The minimum atomic E-state index is -1.01. The smallest absolute Gasteiger partial charge is 0.251 e. The van der Waals surface area contributed by atoms with Crippen LogP contribution >= 0.6 is 0 Å². The number of aryl methyl sites for hydroxylation is 1. The molecular formula is C27H31FN2O4. The third-order valence-corrected chi connectivity index (χ3v) is 5.52. The molecule has 1 amide bonds. The summed E-state index contributed by atoms with van der Waals surface area (Å²) in [6.45, 7) is 6.53. The minimum Gasteiger partial charge on any atom is -0.493 e. The SMILES string of the molecule is CCCOc1ccc(C(=O)NCC(O)c2cc(C)c(CC)c(-c3ccc(F)cc3)n2)cc1OC. The van der Waals surface area contributed by atoms with E-state index in [2.05, 4.69) is 10.3 Å². The highest BCUT2D eigenvalue weighted by molar-refractivity contribution is 5.94. The third kappa shape index (κ3) is 5.91. The van der Waals surface area contributed by atoms with E-state index in [1.54, 1.807) is 30.3 Å². The van der Waals surface area contributed by atoms with E-state index in [1.165, 1.54) is 19.2 Å². The molecule has 0 aliphatic rings. The zero-order chi connectivity index (χ0) is 24.7. The summed E-state index contributed by atoms with van der Waals surface area (Å²) in [7, 11) is 1.52. The van der Waals surface area contributed by atoms with E-state index in [4.69, 9.17) is 9.47 Å². The van der Waals surface area contributed by atoms with Gasteiger partial charge in [0.2, 0.25) is 0 Å². The summed E-state index contributed by atoms with van der Waals surface area (Å²) in [6.07, 6.45) is 0.596. The lowest BCUT2D eigenvalue weighted by atomic mass is 9.98. The second-order valence-corrected chi connectivity index (χ2v) is 7.99. The average molecular weight is 467 g/mol. The van der Waals surface area contributed by atoms with Crippen LogP contribution in [0.5, 0.6) is 11.5 Å². The molecular weight excluding hydrogens is 435 g/mol. The van der Waals surface area contributed by atoms with Gasteiger partial charge in [0.25, 0.3) is 5.91 Å². The van der Waals surface area contributed by atoms with Gasteiger partial charge < -0.3 is 19.9 Å². The monoisotopic (exact) mass is 466 g/mol. The summed E-state index contributed by atoms with van der Waals surface area (Å²) < 4.78 is 24.4. The maximum Gasteiger partial charge on any atom is 0.251 e. The molecule has 34 heavy (non-hydrogen) atoms. The molecule has 1 atom stereocenters. The summed E-state index contributed by atoms with van der Waals surface area (Å²) in [4.78, 5) is 17.3. The van der Waals surface area contributed by atoms with Crippen molar-refractivity contribution >= 4 is 5.91 Å². The number of rotatable bonds is 10. The summed E-state index contributed by atoms with van der Waals surface area (Å²) in [5.74, 6) is 0.377.